The van der Waals surface area contributed by atoms with Crippen LogP contribution >= 0.6 is 11.6 Å². The lowest BCUT2D eigenvalue weighted by Crippen LogP contribution is -2.14. The lowest BCUT2D eigenvalue weighted by atomic mass is 10.1. The zero-order valence-electron chi connectivity index (χ0n) is 15.8. The van der Waals surface area contributed by atoms with Crippen molar-refractivity contribution in [3.63, 3.8) is 0 Å². The first kappa shape index (κ1) is 19.3. The summed E-state index contributed by atoms with van der Waals surface area (Å²) in [5.74, 6) is -0.00422. The number of nitrogens with zero attached hydrogens (tertiary/aromatic N) is 1. The monoisotopic (exact) mass is 385 g/mol. The Bertz CT molecular complexity index is 954. The van der Waals surface area contributed by atoms with E-state index in [1.54, 1.807) is 6.92 Å². The van der Waals surface area contributed by atoms with Crippen LogP contribution in [-0.4, -0.2) is 22.2 Å². The van der Waals surface area contributed by atoms with Gasteiger partial charge in [-0.2, -0.15) is 0 Å². The molecule has 1 aromatic heterocycles. The van der Waals surface area contributed by atoms with Gasteiger partial charge >= 0.3 is 5.97 Å². The molecular formula is C22H24ClNO3. The highest BCUT2D eigenvalue weighted by Crippen LogP contribution is 2.27. The van der Waals surface area contributed by atoms with Gasteiger partial charge in [-0.1, -0.05) is 29.8 Å². The largest absolute Gasteiger partial charge is 0.494 e. The van der Waals surface area contributed by atoms with E-state index in [1.165, 1.54) is 0 Å². The first-order chi connectivity index (χ1) is 12.9. The summed E-state index contributed by atoms with van der Waals surface area (Å²) in [6, 6.07) is 11.2. The number of aliphatic carboxylic acids is 1. The molecule has 3 aromatic rings. The van der Waals surface area contributed by atoms with Crippen LogP contribution in [0.4, 0.5) is 0 Å². The molecule has 1 N–H and O–H groups in total. The molecule has 0 bridgehead atoms. The maximum absolute atomic E-state index is 11.4. The summed E-state index contributed by atoms with van der Waals surface area (Å²) >= 11 is 6.20. The molecule has 2 aromatic carbocycles. The van der Waals surface area contributed by atoms with Crippen molar-refractivity contribution >= 4 is 28.5 Å². The molecule has 3 rings (SSSR count). The summed E-state index contributed by atoms with van der Waals surface area (Å²) in [6.07, 6.45) is 3.63. The van der Waals surface area contributed by atoms with Crippen LogP contribution < -0.4 is 4.74 Å². The molecule has 0 spiro atoms. The van der Waals surface area contributed by atoms with Gasteiger partial charge < -0.3 is 14.4 Å². The predicted molar refractivity (Wildman–Crippen MR) is 109 cm³/mol. The Hall–Kier alpha value is -2.46. The fourth-order valence-electron chi connectivity index (χ4n) is 3.36. The van der Waals surface area contributed by atoms with Crippen LogP contribution in [0.5, 0.6) is 5.75 Å². The van der Waals surface area contributed by atoms with E-state index in [1.807, 2.05) is 61.0 Å². The molecule has 0 aliphatic carbocycles. The molecule has 27 heavy (non-hydrogen) atoms. The molecule has 0 saturated carbocycles. The number of hydrogen-bond acceptors (Lipinski definition) is 2. The predicted octanol–water partition coefficient (Wildman–Crippen LogP) is 5.57. The molecule has 1 atom stereocenters. The normalized spacial score (nSPS) is 12.3. The first-order valence-electron chi connectivity index (χ1n) is 9.09. The average Bonchev–Trinajstić information content (AvgIpc) is 3.01. The van der Waals surface area contributed by atoms with Crippen LogP contribution in [0.1, 0.15) is 36.1 Å². The molecule has 0 aliphatic rings. The Morgan fingerprint density at radius 1 is 1.22 bits per heavy atom. The van der Waals surface area contributed by atoms with E-state index in [4.69, 9.17) is 16.3 Å². The number of benzene rings is 2. The Kier molecular flexibility index (Phi) is 5.76. The second kappa shape index (κ2) is 8.05. The highest BCUT2D eigenvalue weighted by Gasteiger charge is 2.17. The number of rotatable bonds is 7. The molecule has 142 valence electrons. The molecule has 0 fully saturated rings. The van der Waals surface area contributed by atoms with E-state index in [9.17, 15) is 9.90 Å². The van der Waals surface area contributed by atoms with Gasteiger partial charge in [-0.3, -0.25) is 0 Å². The van der Waals surface area contributed by atoms with E-state index in [-0.39, 0.29) is 0 Å². The van der Waals surface area contributed by atoms with Crippen LogP contribution in [0.25, 0.3) is 10.9 Å². The molecule has 0 aliphatic heterocycles. The van der Waals surface area contributed by atoms with E-state index in [0.29, 0.717) is 6.61 Å². The highest BCUT2D eigenvalue weighted by molar-refractivity contribution is 6.32. The highest BCUT2D eigenvalue weighted by atomic mass is 35.5. The van der Waals surface area contributed by atoms with E-state index in [0.717, 1.165) is 51.2 Å². The van der Waals surface area contributed by atoms with Crippen molar-refractivity contribution in [2.24, 2.45) is 0 Å². The Morgan fingerprint density at radius 2 is 1.89 bits per heavy atom. The second-order valence-electron chi connectivity index (χ2n) is 6.92. The number of carbonyl (C=O) groups is 1. The van der Waals surface area contributed by atoms with Crippen LogP contribution in [0.2, 0.25) is 5.02 Å². The number of hydrogen-bond donors (Lipinski definition) is 1. The van der Waals surface area contributed by atoms with Gasteiger partial charge in [0.25, 0.3) is 0 Å². The summed E-state index contributed by atoms with van der Waals surface area (Å²) in [5, 5.41) is 11.2. The van der Waals surface area contributed by atoms with Gasteiger partial charge in [0.05, 0.1) is 6.61 Å². The minimum Gasteiger partial charge on any atom is -0.494 e. The minimum absolute atomic E-state index is 0.592. The van der Waals surface area contributed by atoms with Gasteiger partial charge in [0, 0.05) is 22.1 Å². The molecule has 0 amide bonds. The lowest BCUT2D eigenvalue weighted by molar-refractivity contribution is -0.140. The average molecular weight is 386 g/mol. The van der Waals surface area contributed by atoms with Gasteiger partial charge in [-0.25, -0.2) is 4.79 Å². The SMILES string of the molecule is Cc1cc(OCCCc2cn(C(C)C(=O)O)c3ccccc23)cc(C)c1Cl. The van der Waals surface area contributed by atoms with Gasteiger partial charge in [0.15, 0.2) is 0 Å². The Labute approximate surface area is 164 Å². The van der Waals surface area contributed by atoms with E-state index < -0.39 is 12.0 Å². The van der Waals surface area contributed by atoms with Gasteiger partial charge in [-0.05, 0) is 68.5 Å². The molecule has 0 radical (unpaired) electrons. The summed E-state index contributed by atoms with van der Waals surface area (Å²) < 4.78 is 7.72. The van der Waals surface area contributed by atoms with Gasteiger partial charge in [0.2, 0.25) is 0 Å². The van der Waals surface area contributed by atoms with Crippen LogP contribution in [0.15, 0.2) is 42.6 Å². The lowest BCUT2D eigenvalue weighted by Gasteiger charge is -2.10. The number of para-hydroxylation sites is 1. The number of aromatic nitrogens is 1. The van der Waals surface area contributed by atoms with E-state index >= 15 is 0 Å². The Morgan fingerprint density at radius 3 is 2.56 bits per heavy atom. The maximum atomic E-state index is 11.4. The third-order valence-electron chi connectivity index (χ3n) is 4.87. The Balaban J connectivity index is 1.70. The third-order valence-corrected chi connectivity index (χ3v) is 5.46. The number of fused-ring (bicyclic) bond motifs is 1. The number of halogens is 1. The summed E-state index contributed by atoms with van der Waals surface area (Å²) in [4.78, 5) is 11.4. The topological polar surface area (TPSA) is 51.5 Å². The quantitative estimate of drug-likeness (QED) is 0.541. The second-order valence-corrected chi connectivity index (χ2v) is 7.29. The van der Waals surface area contributed by atoms with Crippen molar-refractivity contribution in [1.82, 2.24) is 4.57 Å². The number of ether oxygens (including phenoxy) is 1. The molecule has 1 heterocycles. The van der Waals surface area contributed by atoms with Crippen LogP contribution in [-0.2, 0) is 11.2 Å². The van der Waals surface area contributed by atoms with E-state index in [2.05, 4.69) is 0 Å². The third kappa shape index (κ3) is 4.11. The van der Waals surface area contributed by atoms with Crippen LogP contribution in [0, 0.1) is 13.8 Å². The summed E-state index contributed by atoms with van der Waals surface area (Å²) in [5.41, 5.74) is 4.12. The zero-order valence-corrected chi connectivity index (χ0v) is 16.6. The van der Waals surface area contributed by atoms with Crippen molar-refractivity contribution in [2.75, 3.05) is 6.61 Å². The first-order valence-corrected chi connectivity index (χ1v) is 9.47. The fourth-order valence-corrected chi connectivity index (χ4v) is 3.47. The minimum atomic E-state index is -0.834. The molecule has 0 saturated heterocycles. The van der Waals surface area contributed by atoms with Crippen LogP contribution in [0.3, 0.4) is 0 Å². The van der Waals surface area contributed by atoms with Crippen molar-refractivity contribution in [3.8, 4) is 5.75 Å². The number of carboxylic acids is 1. The summed E-state index contributed by atoms with van der Waals surface area (Å²) in [7, 11) is 0. The molecule has 4 nitrogen and oxygen atoms in total. The van der Waals surface area contributed by atoms with Crippen molar-refractivity contribution < 1.29 is 14.6 Å². The standard InChI is InChI=1S/C22H24ClNO3/c1-14-11-18(12-15(2)21(14)23)27-10-6-7-17-13-24(16(3)22(25)26)20-9-5-4-8-19(17)20/h4-5,8-9,11-13,16H,6-7,10H2,1-3H3,(H,25,26). The smallest absolute Gasteiger partial charge is 0.326 e. The van der Waals surface area contributed by atoms with Crippen molar-refractivity contribution in [2.45, 2.75) is 39.7 Å². The number of carboxylic acid groups (broad SMARTS) is 1. The van der Waals surface area contributed by atoms with Crippen molar-refractivity contribution in [3.05, 3.63) is 64.3 Å². The molecular weight excluding hydrogens is 362 g/mol. The van der Waals surface area contributed by atoms with Crippen molar-refractivity contribution in [1.29, 1.82) is 0 Å². The van der Waals surface area contributed by atoms with Gasteiger partial charge in [-0.15, -0.1) is 0 Å². The molecule has 5 heteroatoms. The number of aryl methyl sites for hydroxylation is 3. The zero-order chi connectivity index (χ0) is 19.6. The maximum Gasteiger partial charge on any atom is 0.326 e. The summed E-state index contributed by atoms with van der Waals surface area (Å²) in [6.45, 7) is 6.24. The van der Waals surface area contributed by atoms with Gasteiger partial charge in [0.1, 0.15) is 11.8 Å². The molecule has 1 unspecified atom stereocenters. The fraction of sp³-hybridized carbons (Fsp3) is 0.318.